The minimum atomic E-state index is -0.493. The fourth-order valence-electron chi connectivity index (χ4n) is 4.01. The van der Waals surface area contributed by atoms with Crippen molar-refractivity contribution in [1.29, 1.82) is 0 Å². The Labute approximate surface area is 157 Å². The van der Waals surface area contributed by atoms with Crippen LogP contribution in [0.1, 0.15) is 26.7 Å². The van der Waals surface area contributed by atoms with E-state index >= 15 is 0 Å². The van der Waals surface area contributed by atoms with Crippen molar-refractivity contribution in [2.24, 2.45) is 10.4 Å². The van der Waals surface area contributed by atoms with Crippen LogP contribution in [0, 0.1) is 5.41 Å². The zero-order valence-corrected chi connectivity index (χ0v) is 15.4. The molecular weight excluding hydrogens is 338 g/mol. The Morgan fingerprint density at radius 2 is 2.07 bits per heavy atom. The van der Waals surface area contributed by atoms with Crippen LogP contribution in [0.25, 0.3) is 11.0 Å². The lowest BCUT2D eigenvalue weighted by molar-refractivity contribution is -0.137. The Bertz CT molecular complexity index is 1030. The van der Waals surface area contributed by atoms with E-state index in [9.17, 15) is 4.79 Å². The predicted octanol–water partition coefficient (Wildman–Crippen LogP) is 3.29. The SMILES string of the molecule is CC1(C)C=C2C=CN=C2N(C2CC(Nc3ccc4cccnc4n3)C2)C1=O. The molecule has 0 bridgehead atoms. The van der Waals surface area contributed by atoms with Gasteiger partial charge in [-0.05, 0) is 57.0 Å². The van der Waals surface area contributed by atoms with E-state index in [1.165, 1.54) is 0 Å². The lowest BCUT2D eigenvalue weighted by Crippen LogP contribution is -2.58. The van der Waals surface area contributed by atoms with Gasteiger partial charge in [0, 0.05) is 35.4 Å². The first-order valence-corrected chi connectivity index (χ1v) is 9.31. The van der Waals surface area contributed by atoms with E-state index in [1.54, 1.807) is 12.4 Å². The largest absolute Gasteiger partial charge is 0.367 e. The van der Waals surface area contributed by atoms with Crippen molar-refractivity contribution in [1.82, 2.24) is 14.9 Å². The van der Waals surface area contributed by atoms with E-state index in [0.29, 0.717) is 6.04 Å². The van der Waals surface area contributed by atoms with Crippen molar-refractivity contribution in [2.45, 2.75) is 38.8 Å². The molecule has 27 heavy (non-hydrogen) atoms. The molecule has 4 heterocycles. The lowest BCUT2D eigenvalue weighted by atomic mass is 9.79. The summed E-state index contributed by atoms with van der Waals surface area (Å²) in [7, 11) is 0. The highest BCUT2D eigenvalue weighted by Crippen LogP contribution is 2.38. The number of carbonyl (C=O) groups is 1. The summed E-state index contributed by atoms with van der Waals surface area (Å²) in [5, 5.41) is 4.51. The van der Waals surface area contributed by atoms with Gasteiger partial charge in [0.1, 0.15) is 11.7 Å². The molecule has 0 aromatic carbocycles. The maximum absolute atomic E-state index is 13.0. The molecule has 5 rings (SSSR count). The lowest BCUT2D eigenvalue weighted by Gasteiger charge is -2.47. The van der Waals surface area contributed by atoms with Gasteiger partial charge in [0.25, 0.3) is 0 Å². The van der Waals surface area contributed by atoms with E-state index in [0.717, 1.165) is 41.1 Å². The number of anilines is 1. The van der Waals surface area contributed by atoms with Crippen LogP contribution in [0.2, 0.25) is 0 Å². The van der Waals surface area contributed by atoms with E-state index in [-0.39, 0.29) is 11.9 Å². The number of amidine groups is 1. The molecule has 136 valence electrons. The number of amides is 1. The first-order chi connectivity index (χ1) is 13.0. The topological polar surface area (TPSA) is 70.5 Å². The number of carbonyl (C=O) groups excluding carboxylic acids is 1. The number of fused-ring (bicyclic) bond motifs is 2. The van der Waals surface area contributed by atoms with Crippen molar-refractivity contribution in [3.63, 3.8) is 0 Å². The van der Waals surface area contributed by atoms with Gasteiger partial charge in [-0.25, -0.2) is 15.0 Å². The average molecular weight is 359 g/mol. The molecule has 6 nitrogen and oxygen atoms in total. The highest BCUT2D eigenvalue weighted by atomic mass is 16.2. The maximum atomic E-state index is 13.0. The molecule has 3 aliphatic rings. The van der Waals surface area contributed by atoms with Crippen LogP contribution >= 0.6 is 0 Å². The number of nitrogens with one attached hydrogen (secondary N) is 1. The highest BCUT2D eigenvalue weighted by Gasteiger charge is 2.46. The van der Waals surface area contributed by atoms with Crippen LogP contribution in [-0.2, 0) is 4.79 Å². The van der Waals surface area contributed by atoms with Crippen LogP contribution in [0.5, 0.6) is 0 Å². The molecule has 0 radical (unpaired) electrons. The van der Waals surface area contributed by atoms with Crippen LogP contribution in [0.15, 0.2) is 59.4 Å². The van der Waals surface area contributed by atoms with Gasteiger partial charge in [0.05, 0.1) is 5.41 Å². The fourth-order valence-corrected chi connectivity index (χ4v) is 4.01. The second-order valence-corrected chi connectivity index (χ2v) is 7.98. The summed E-state index contributed by atoms with van der Waals surface area (Å²) in [6, 6.07) is 8.40. The minimum Gasteiger partial charge on any atom is -0.367 e. The molecule has 0 saturated heterocycles. The number of hydrogen-bond donors (Lipinski definition) is 1. The summed E-state index contributed by atoms with van der Waals surface area (Å²) in [5.41, 5.74) is 1.30. The third kappa shape index (κ3) is 2.63. The quantitative estimate of drug-likeness (QED) is 0.913. The standard InChI is InChI=1S/C21H21N5O/c1-21(2)12-14-7-9-23-19(14)26(20(21)27)16-10-15(11-16)24-17-6-5-13-4-3-8-22-18(13)25-17/h3-9,12,15-16H,10-11H2,1-2H3,(H,22,24,25). The summed E-state index contributed by atoms with van der Waals surface area (Å²) < 4.78 is 0. The van der Waals surface area contributed by atoms with Gasteiger partial charge in [0.2, 0.25) is 5.91 Å². The molecule has 2 aromatic heterocycles. The molecule has 1 amide bonds. The number of hydrogen-bond acceptors (Lipinski definition) is 5. The van der Waals surface area contributed by atoms with Gasteiger partial charge >= 0.3 is 0 Å². The first-order valence-electron chi connectivity index (χ1n) is 9.31. The molecule has 0 spiro atoms. The third-order valence-corrected chi connectivity index (χ3v) is 5.52. The van der Waals surface area contributed by atoms with Crippen molar-refractivity contribution in [3.8, 4) is 0 Å². The minimum absolute atomic E-state index is 0.130. The molecule has 1 aliphatic carbocycles. The molecule has 1 N–H and O–H groups in total. The molecule has 6 heteroatoms. The van der Waals surface area contributed by atoms with Crippen molar-refractivity contribution < 1.29 is 4.79 Å². The summed E-state index contributed by atoms with van der Waals surface area (Å²) in [5.74, 6) is 1.76. The van der Waals surface area contributed by atoms with E-state index in [4.69, 9.17) is 0 Å². The molecule has 1 fully saturated rings. The normalized spacial score (nSPS) is 25.7. The van der Waals surface area contributed by atoms with E-state index in [1.807, 2.05) is 55.2 Å². The molecular formula is C21H21N5O. The summed E-state index contributed by atoms with van der Waals surface area (Å²) in [6.45, 7) is 3.94. The monoisotopic (exact) mass is 359 g/mol. The van der Waals surface area contributed by atoms with Gasteiger partial charge in [-0.1, -0.05) is 6.08 Å². The van der Waals surface area contributed by atoms with Crippen molar-refractivity contribution >= 4 is 28.6 Å². The van der Waals surface area contributed by atoms with Gasteiger partial charge in [0.15, 0.2) is 5.65 Å². The summed E-state index contributed by atoms with van der Waals surface area (Å²) >= 11 is 0. The van der Waals surface area contributed by atoms with E-state index < -0.39 is 5.41 Å². The number of rotatable bonds is 3. The van der Waals surface area contributed by atoms with Crippen LogP contribution in [0.3, 0.4) is 0 Å². The summed E-state index contributed by atoms with van der Waals surface area (Å²) in [6.07, 6.45) is 9.31. The maximum Gasteiger partial charge on any atom is 0.237 e. The number of pyridine rings is 2. The number of aliphatic imine (C=N–C) groups is 1. The average Bonchev–Trinajstić information content (AvgIpc) is 3.06. The first kappa shape index (κ1) is 16.2. The van der Waals surface area contributed by atoms with Gasteiger partial charge < -0.3 is 5.32 Å². The molecule has 0 unspecified atom stereocenters. The molecule has 0 atom stereocenters. The summed E-state index contributed by atoms with van der Waals surface area (Å²) in [4.78, 5) is 28.2. The van der Waals surface area contributed by atoms with E-state index in [2.05, 4.69) is 20.3 Å². The molecule has 2 aromatic rings. The van der Waals surface area contributed by atoms with Crippen LogP contribution in [0.4, 0.5) is 5.82 Å². The Hall–Kier alpha value is -3.02. The second kappa shape index (κ2) is 5.74. The van der Waals surface area contributed by atoms with Crippen LogP contribution < -0.4 is 5.32 Å². The Balaban J connectivity index is 1.30. The van der Waals surface area contributed by atoms with Gasteiger partial charge in [-0.2, -0.15) is 0 Å². The third-order valence-electron chi connectivity index (χ3n) is 5.52. The van der Waals surface area contributed by atoms with Crippen molar-refractivity contribution in [3.05, 3.63) is 54.4 Å². The van der Waals surface area contributed by atoms with Gasteiger partial charge in [-0.3, -0.25) is 9.69 Å². The zero-order chi connectivity index (χ0) is 18.6. The van der Waals surface area contributed by atoms with Crippen LogP contribution in [-0.4, -0.2) is 38.7 Å². The molecule has 2 aliphatic heterocycles. The highest BCUT2D eigenvalue weighted by molar-refractivity contribution is 6.15. The molecule has 1 saturated carbocycles. The Morgan fingerprint density at radius 1 is 1.22 bits per heavy atom. The number of aromatic nitrogens is 2. The zero-order valence-electron chi connectivity index (χ0n) is 15.4. The number of nitrogens with zero attached hydrogens (tertiary/aromatic N) is 4. The Morgan fingerprint density at radius 3 is 2.93 bits per heavy atom. The van der Waals surface area contributed by atoms with Gasteiger partial charge in [-0.15, -0.1) is 0 Å². The predicted molar refractivity (Wildman–Crippen MR) is 105 cm³/mol. The second-order valence-electron chi connectivity index (χ2n) is 7.98. The fraction of sp³-hybridized carbons (Fsp3) is 0.333. The van der Waals surface area contributed by atoms with Crippen molar-refractivity contribution in [2.75, 3.05) is 5.32 Å². The smallest absolute Gasteiger partial charge is 0.237 e. The Kier molecular flexibility index (Phi) is 3.44.